The van der Waals surface area contributed by atoms with Crippen LogP contribution in [0.5, 0.6) is 0 Å². The van der Waals surface area contributed by atoms with E-state index in [1.165, 1.54) is 18.4 Å². The average molecular weight is 366 g/mol. The summed E-state index contributed by atoms with van der Waals surface area (Å²) in [5.41, 5.74) is 4.86. The van der Waals surface area contributed by atoms with Gasteiger partial charge in [-0.3, -0.25) is 0 Å². The normalized spacial score (nSPS) is 18.6. The molecular formula is C14H19Hf. The molecule has 1 atom stereocenters. The first kappa shape index (κ1) is 11.3. The van der Waals surface area contributed by atoms with Gasteiger partial charge >= 0.3 is 101 Å². The monoisotopic (exact) mass is 367 g/mol. The van der Waals surface area contributed by atoms with E-state index in [2.05, 4.69) is 46.6 Å². The maximum absolute atomic E-state index is 2.54. The summed E-state index contributed by atoms with van der Waals surface area (Å²) < 4.78 is 5.97. The molecule has 0 radical (unpaired) electrons. The topological polar surface area (TPSA) is 0 Å². The zero-order valence-corrected chi connectivity index (χ0v) is 13.5. The Hall–Kier alpha value is -0.170. The minimum absolute atomic E-state index is 0.881. The quantitative estimate of drug-likeness (QED) is 0.685. The molecule has 0 aromatic heterocycles. The second-order valence-electron chi connectivity index (χ2n) is 4.61. The Balaban J connectivity index is 2.38. The van der Waals surface area contributed by atoms with Crippen molar-refractivity contribution in [3.63, 3.8) is 0 Å². The first-order valence-corrected chi connectivity index (χ1v) is 15.1. The minimum atomic E-state index is -1.33. The molecule has 1 unspecified atom stereocenters. The third-order valence-electron chi connectivity index (χ3n) is 3.13. The van der Waals surface area contributed by atoms with Gasteiger partial charge in [0, 0.05) is 0 Å². The Morgan fingerprint density at radius 2 is 1.93 bits per heavy atom. The Labute approximate surface area is 101 Å². The van der Waals surface area contributed by atoms with E-state index < -0.39 is 21.4 Å². The van der Waals surface area contributed by atoms with Crippen LogP contribution in [0.4, 0.5) is 0 Å². The molecule has 1 aliphatic rings. The summed E-state index contributed by atoms with van der Waals surface area (Å²) in [4.78, 5) is 0. The molecule has 79 valence electrons. The Kier molecular flexibility index (Phi) is 3.61. The Morgan fingerprint density at radius 1 is 1.20 bits per heavy atom. The van der Waals surface area contributed by atoms with Crippen LogP contribution in [0.25, 0.3) is 6.08 Å². The standard InChI is InChI=1S/C12H13.2CH3.Hf/c1-2-5-10-8-11-6-3-4-7-12(11)9-10;;;/h3-4,6-9H,2,5H2,1H3;2*1H3;. The molecule has 2 rings (SSSR count). The number of rotatable bonds is 3. The molecule has 15 heavy (non-hydrogen) atoms. The Bertz CT molecular complexity index is 377. The summed E-state index contributed by atoms with van der Waals surface area (Å²) >= 11 is -1.33. The van der Waals surface area contributed by atoms with Crippen LogP contribution < -0.4 is 0 Å². The van der Waals surface area contributed by atoms with Crippen LogP contribution in [0.2, 0.25) is 9.36 Å². The van der Waals surface area contributed by atoms with Crippen LogP contribution in [-0.4, -0.2) is 0 Å². The fourth-order valence-corrected chi connectivity index (χ4v) is 9.24. The van der Waals surface area contributed by atoms with E-state index in [1.807, 2.05) is 0 Å². The van der Waals surface area contributed by atoms with Crippen molar-refractivity contribution >= 4 is 6.08 Å². The third kappa shape index (κ3) is 2.18. The molecule has 0 spiro atoms. The number of hydrogen-bond donors (Lipinski definition) is 0. The second kappa shape index (κ2) is 4.78. The predicted molar refractivity (Wildman–Crippen MR) is 63.8 cm³/mol. The number of fused-ring (bicyclic) bond motifs is 1. The van der Waals surface area contributed by atoms with Gasteiger partial charge in [0.25, 0.3) is 0 Å². The maximum atomic E-state index is 2.54. The van der Waals surface area contributed by atoms with E-state index in [0.717, 1.165) is 3.67 Å². The average Bonchev–Trinajstić information content (AvgIpc) is 2.56. The summed E-state index contributed by atoms with van der Waals surface area (Å²) in [6.07, 6.45) is 5.05. The summed E-state index contributed by atoms with van der Waals surface area (Å²) in [7, 11) is 0. The molecule has 0 bridgehead atoms. The molecule has 0 fully saturated rings. The fraction of sp³-hybridized carbons (Fsp3) is 0.429. The van der Waals surface area contributed by atoms with Gasteiger partial charge in [-0.2, -0.15) is 0 Å². The molecule has 0 saturated heterocycles. The van der Waals surface area contributed by atoms with Gasteiger partial charge in [0.15, 0.2) is 0 Å². The molecule has 1 aliphatic carbocycles. The molecule has 0 aliphatic heterocycles. The van der Waals surface area contributed by atoms with Gasteiger partial charge in [-0.15, -0.1) is 0 Å². The van der Waals surface area contributed by atoms with E-state index in [1.54, 1.807) is 11.1 Å². The number of allylic oxidation sites excluding steroid dienone is 1. The van der Waals surface area contributed by atoms with Crippen LogP contribution >= 0.6 is 0 Å². The summed E-state index contributed by atoms with van der Waals surface area (Å²) in [6, 6.07) is 8.98. The van der Waals surface area contributed by atoms with Gasteiger partial charge in [0.1, 0.15) is 0 Å². The van der Waals surface area contributed by atoms with Gasteiger partial charge in [0.2, 0.25) is 0 Å². The SMILES string of the molecule is CCCC1=Cc2ccccc2[CH]1[Hf]([CH3])[CH3]. The van der Waals surface area contributed by atoms with E-state index >= 15 is 0 Å². The molecule has 0 N–H and O–H groups in total. The van der Waals surface area contributed by atoms with E-state index in [9.17, 15) is 0 Å². The number of hydrogen-bond acceptors (Lipinski definition) is 0. The van der Waals surface area contributed by atoms with Crippen molar-refractivity contribution in [3.8, 4) is 0 Å². The van der Waals surface area contributed by atoms with E-state index in [0.29, 0.717) is 0 Å². The van der Waals surface area contributed by atoms with Gasteiger partial charge in [-0.1, -0.05) is 0 Å². The van der Waals surface area contributed by atoms with E-state index in [4.69, 9.17) is 0 Å². The molecule has 0 amide bonds. The third-order valence-corrected chi connectivity index (χ3v) is 9.73. The summed E-state index contributed by atoms with van der Waals surface area (Å²) in [5.74, 6) is 0. The van der Waals surface area contributed by atoms with Gasteiger partial charge in [0.05, 0.1) is 0 Å². The van der Waals surface area contributed by atoms with Crippen molar-refractivity contribution < 1.29 is 21.4 Å². The van der Waals surface area contributed by atoms with Crippen molar-refractivity contribution in [2.45, 2.75) is 32.8 Å². The predicted octanol–water partition coefficient (Wildman–Crippen LogP) is 4.64. The van der Waals surface area contributed by atoms with Crippen LogP contribution in [0, 0.1) is 0 Å². The molecule has 1 aromatic carbocycles. The Morgan fingerprint density at radius 3 is 2.60 bits per heavy atom. The van der Waals surface area contributed by atoms with Gasteiger partial charge in [-0.05, 0) is 0 Å². The van der Waals surface area contributed by atoms with Crippen molar-refractivity contribution in [2.24, 2.45) is 0 Å². The van der Waals surface area contributed by atoms with Gasteiger partial charge < -0.3 is 0 Å². The first-order chi connectivity index (χ1) is 7.24. The first-order valence-electron chi connectivity index (χ1n) is 5.83. The van der Waals surface area contributed by atoms with Crippen molar-refractivity contribution in [3.05, 3.63) is 41.0 Å². The zero-order chi connectivity index (χ0) is 10.8. The number of benzene rings is 1. The second-order valence-corrected chi connectivity index (χ2v) is 14.4. The fourth-order valence-electron chi connectivity index (χ4n) is 2.58. The summed E-state index contributed by atoms with van der Waals surface area (Å²) in [5, 5.41) is 0. The molecule has 0 heterocycles. The zero-order valence-electron chi connectivity index (χ0n) is 9.88. The van der Waals surface area contributed by atoms with Crippen molar-refractivity contribution in [2.75, 3.05) is 0 Å². The molecule has 1 aromatic rings. The van der Waals surface area contributed by atoms with Gasteiger partial charge in [-0.25, -0.2) is 0 Å². The molecule has 0 saturated carbocycles. The summed E-state index contributed by atoms with van der Waals surface area (Å²) in [6.45, 7) is 2.29. The van der Waals surface area contributed by atoms with E-state index in [-0.39, 0.29) is 0 Å². The van der Waals surface area contributed by atoms with Crippen molar-refractivity contribution in [1.82, 2.24) is 0 Å². The van der Waals surface area contributed by atoms with Crippen molar-refractivity contribution in [1.29, 1.82) is 0 Å². The van der Waals surface area contributed by atoms with Crippen LogP contribution in [0.3, 0.4) is 0 Å². The van der Waals surface area contributed by atoms with Crippen LogP contribution in [-0.2, 0) is 21.4 Å². The van der Waals surface area contributed by atoms with Crippen LogP contribution in [0.1, 0.15) is 34.6 Å². The molecular weight excluding hydrogens is 347 g/mol. The molecule has 0 nitrogen and oxygen atoms in total. The van der Waals surface area contributed by atoms with Crippen LogP contribution in [0.15, 0.2) is 29.8 Å². The molecule has 1 heteroatoms.